The molecule has 1 aliphatic heterocycles. The minimum Gasteiger partial charge on any atom is -0.445 e. The molecule has 0 radical (unpaired) electrons. The van der Waals surface area contributed by atoms with Gasteiger partial charge in [0.1, 0.15) is 12.6 Å². The first kappa shape index (κ1) is 16.6. The first-order chi connectivity index (χ1) is 12.2. The van der Waals surface area contributed by atoms with Gasteiger partial charge in [0.15, 0.2) is 0 Å². The van der Waals surface area contributed by atoms with Gasteiger partial charge in [-0.15, -0.1) is 0 Å². The van der Waals surface area contributed by atoms with Crippen LogP contribution < -0.4 is 5.32 Å². The Hall–Kier alpha value is -3.21. The van der Waals surface area contributed by atoms with Crippen LogP contribution in [-0.4, -0.2) is 23.8 Å². The molecule has 5 nitrogen and oxygen atoms in total. The Bertz CT molecular complexity index is 798. The van der Waals surface area contributed by atoms with E-state index in [9.17, 15) is 9.59 Å². The van der Waals surface area contributed by atoms with Gasteiger partial charge in [-0.05, 0) is 17.2 Å². The maximum Gasteiger partial charge on any atom is 0.408 e. The van der Waals surface area contributed by atoms with Gasteiger partial charge in [0.2, 0.25) is 0 Å². The summed E-state index contributed by atoms with van der Waals surface area (Å²) in [6.45, 7) is 0.153. The van der Waals surface area contributed by atoms with Crippen molar-refractivity contribution in [2.24, 2.45) is 4.99 Å². The van der Waals surface area contributed by atoms with Crippen LogP contribution in [0, 0.1) is 0 Å². The predicted molar refractivity (Wildman–Crippen MR) is 95.3 cm³/mol. The summed E-state index contributed by atoms with van der Waals surface area (Å²) in [6, 6.07) is 18.3. The first-order valence-corrected chi connectivity index (χ1v) is 8.01. The molecule has 0 saturated heterocycles. The van der Waals surface area contributed by atoms with Crippen molar-refractivity contribution < 1.29 is 14.3 Å². The maximum absolute atomic E-state index is 12.1. The van der Waals surface area contributed by atoms with Crippen molar-refractivity contribution in [2.45, 2.75) is 19.1 Å². The zero-order valence-corrected chi connectivity index (χ0v) is 13.6. The number of carbonyl (C=O) groups excluding carboxylic acids is 2. The standard InChI is InChI=1S/C20H18N2O3/c23-19-18(22-20(24)25-14-16-9-5-2-6-10-16)12-11-17(21-19)13-15-7-3-1-4-8-15/h1-12,18H,13-14H2,(H,22,24). The molecule has 2 aromatic rings. The fourth-order valence-electron chi connectivity index (χ4n) is 2.44. The lowest BCUT2D eigenvalue weighted by atomic mass is 10.1. The van der Waals surface area contributed by atoms with Gasteiger partial charge in [0.05, 0.1) is 0 Å². The minimum absolute atomic E-state index is 0.153. The third-order valence-corrected chi connectivity index (χ3v) is 3.72. The fourth-order valence-corrected chi connectivity index (χ4v) is 2.44. The molecule has 0 saturated carbocycles. The lowest BCUT2D eigenvalue weighted by molar-refractivity contribution is -0.118. The summed E-state index contributed by atoms with van der Waals surface area (Å²) in [5, 5.41) is 2.52. The largest absolute Gasteiger partial charge is 0.445 e. The predicted octanol–water partition coefficient (Wildman–Crippen LogP) is 3.06. The average Bonchev–Trinajstić information content (AvgIpc) is 2.64. The van der Waals surface area contributed by atoms with Gasteiger partial charge in [-0.25, -0.2) is 9.79 Å². The van der Waals surface area contributed by atoms with E-state index in [1.54, 1.807) is 12.2 Å². The second kappa shape index (κ2) is 8.06. The SMILES string of the molecule is O=C(NC1C=CC(Cc2ccccc2)=NC1=O)OCc1ccccc1. The van der Waals surface area contributed by atoms with Crippen molar-refractivity contribution in [3.8, 4) is 0 Å². The van der Waals surface area contributed by atoms with E-state index >= 15 is 0 Å². The topological polar surface area (TPSA) is 67.8 Å². The monoisotopic (exact) mass is 334 g/mol. The summed E-state index contributed by atoms with van der Waals surface area (Å²) in [7, 11) is 0. The Morgan fingerprint density at radius 3 is 2.28 bits per heavy atom. The smallest absolute Gasteiger partial charge is 0.408 e. The number of benzene rings is 2. The molecule has 0 aliphatic carbocycles. The third kappa shape index (κ3) is 4.88. The second-order valence-corrected chi connectivity index (χ2v) is 5.65. The molecule has 126 valence electrons. The number of hydrogen-bond acceptors (Lipinski definition) is 3. The van der Waals surface area contributed by atoms with Gasteiger partial charge < -0.3 is 10.1 Å². The highest BCUT2D eigenvalue weighted by molar-refractivity contribution is 6.08. The van der Waals surface area contributed by atoms with Crippen LogP contribution in [0.1, 0.15) is 11.1 Å². The number of nitrogens with zero attached hydrogens (tertiary/aromatic N) is 1. The highest BCUT2D eigenvalue weighted by Crippen LogP contribution is 2.08. The number of aliphatic imine (C=N–C) groups is 1. The van der Waals surface area contributed by atoms with Gasteiger partial charge in [-0.1, -0.05) is 66.7 Å². The van der Waals surface area contributed by atoms with Gasteiger partial charge in [-0.2, -0.15) is 0 Å². The Labute approximate surface area is 146 Å². The summed E-state index contributed by atoms with van der Waals surface area (Å²) in [5.41, 5.74) is 2.63. The molecule has 2 aromatic carbocycles. The Kier molecular flexibility index (Phi) is 5.36. The van der Waals surface area contributed by atoms with Crippen molar-refractivity contribution in [1.82, 2.24) is 5.32 Å². The quantitative estimate of drug-likeness (QED) is 0.914. The lowest BCUT2D eigenvalue weighted by Crippen LogP contribution is -2.40. The first-order valence-electron chi connectivity index (χ1n) is 8.01. The summed E-state index contributed by atoms with van der Waals surface area (Å²) in [6.07, 6.45) is 3.33. The fraction of sp³-hybridized carbons (Fsp3) is 0.150. The van der Waals surface area contributed by atoms with E-state index in [0.29, 0.717) is 12.1 Å². The van der Waals surface area contributed by atoms with Crippen molar-refractivity contribution in [3.05, 3.63) is 83.9 Å². The minimum atomic E-state index is -0.789. The molecule has 0 aromatic heterocycles. The number of carbonyl (C=O) groups is 2. The van der Waals surface area contributed by atoms with E-state index in [1.807, 2.05) is 60.7 Å². The van der Waals surface area contributed by atoms with Gasteiger partial charge in [0, 0.05) is 12.1 Å². The van der Waals surface area contributed by atoms with Crippen LogP contribution in [0.15, 0.2) is 77.8 Å². The summed E-state index contributed by atoms with van der Waals surface area (Å²) in [5.74, 6) is -0.398. The van der Waals surface area contributed by atoms with E-state index in [4.69, 9.17) is 4.74 Å². The average molecular weight is 334 g/mol. The van der Waals surface area contributed by atoms with E-state index in [0.717, 1.165) is 11.1 Å². The van der Waals surface area contributed by atoms with Crippen LogP contribution in [0.25, 0.3) is 0 Å². The van der Waals surface area contributed by atoms with Gasteiger partial charge in [-0.3, -0.25) is 4.79 Å². The van der Waals surface area contributed by atoms with Crippen LogP contribution in [0.4, 0.5) is 4.79 Å². The molecule has 1 N–H and O–H groups in total. The van der Waals surface area contributed by atoms with Crippen molar-refractivity contribution in [2.75, 3.05) is 0 Å². The molecule has 2 amide bonds. The zero-order valence-electron chi connectivity index (χ0n) is 13.6. The maximum atomic E-state index is 12.1. The number of nitrogens with one attached hydrogen (secondary N) is 1. The molecule has 0 bridgehead atoms. The van der Waals surface area contributed by atoms with Crippen molar-refractivity contribution in [3.63, 3.8) is 0 Å². The number of dihydropyridines is 1. The van der Waals surface area contributed by atoms with Crippen molar-refractivity contribution in [1.29, 1.82) is 0 Å². The summed E-state index contributed by atoms with van der Waals surface area (Å²) in [4.78, 5) is 28.0. The second-order valence-electron chi connectivity index (χ2n) is 5.65. The molecular weight excluding hydrogens is 316 g/mol. The molecule has 1 unspecified atom stereocenters. The molecule has 0 fully saturated rings. The molecule has 5 heteroatoms. The van der Waals surface area contributed by atoms with Crippen LogP contribution in [0.5, 0.6) is 0 Å². The number of ether oxygens (including phenoxy) is 1. The molecule has 0 spiro atoms. The number of alkyl carbamates (subject to hydrolysis) is 1. The third-order valence-electron chi connectivity index (χ3n) is 3.72. The molecule has 1 atom stereocenters. The van der Waals surface area contributed by atoms with E-state index in [1.165, 1.54) is 0 Å². The highest BCUT2D eigenvalue weighted by Gasteiger charge is 2.22. The van der Waals surface area contributed by atoms with Crippen LogP contribution in [0.2, 0.25) is 0 Å². The van der Waals surface area contributed by atoms with Crippen LogP contribution in [-0.2, 0) is 22.6 Å². The van der Waals surface area contributed by atoms with Gasteiger partial charge in [0.25, 0.3) is 5.91 Å². The Morgan fingerprint density at radius 1 is 1.00 bits per heavy atom. The van der Waals surface area contributed by atoms with Crippen LogP contribution >= 0.6 is 0 Å². The Morgan fingerprint density at radius 2 is 1.64 bits per heavy atom. The van der Waals surface area contributed by atoms with Gasteiger partial charge >= 0.3 is 6.09 Å². The molecule has 3 rings (SSSR count). The number of amides is 2. The van der Waals surface area contributed by atoms with E-state index < -0.39 is 18.0 Å². The molecule has 1 heterocycles. The Balaban J connectivity index is 1.50. The van der Waals surface area contributed by atoms with Crippen molar-refractivity contribution >= 4 is 17.7 Å². The number of rotatable bonds is 5. The van der Waals surface area contributed by atoms with Crippen LogP contribution in [0.3, 0.4) is 0 Å². The number of allylic oxidation sites excluding steroid dienone is 1. The zero-order chi connectivity index (χ0) is 17.5. The van der Waals surface area contributed by atoms with E-state index in [2.05, 4.69) is 10.3 Å². The highest BCUT2D eigenvalue weighted by atomic mass is 16.5. The normalized spacial score (nSPS) is 16.2. The molecular formula is C20H18N2O3. The number of hydrogen-bond donors (Lipinski definition) is 1. The summed E-state index contributed by atoms with van der Waals surface area (Å²) < 4.78 is 5.12. The molecule has 25 heavy (non-hydrogen) atoms. The lowest BCUT2D eigenvalue weighted by Gasteiger charge is -2.16. The molecule has 1 aliphatic rings. The summed E-state index contributed by atoms with van der Waals surface area (Å²) >= 11 is 0. The van der Waals surface area contributed by atoms with E-state index in [-0.39, 0.29) is 6.61 Å².